The number of fused-ring (bicyclic) bond motifs is 1. The quantitative estimate of drug-likeness (QED) is 0.761. The number of pyridine rings is 1. The molecule has 100 valence electrons. The summed E-state index contributed by atoms with van der Waals surface area (Å²) in [5, 5.41) is 4.12. The normalized spacial score (nSPS) is 10.6. The smallest absolute Gasteiger partial charge is 0.251 e. The Morgan fingerprint density at radius 3 is 2.85 bits per heavy atom. The lowest BCUT2D eigenvalue weighted by Gasteiger charge is -2.05. The molecule has 3 aromatic rings. The van der Waals surface area contributed by atoms with Crippen molar-refractivity contribution in [3.63, 3.8) is 0 Å². The number of nitrogens with zero attached hydrogens (tertiary/aromatic N) is 1. The molecule has 0 fully saturated rings. The number of amides is 1. The molecule has 0 saturated carbocycles. The molecule has 0 radical (unpaired) electrons. The monoisotopic (exact) mass is 265 g/mol. The first kappa shape index (κ1) is 12.4. The van der Waals surface area contributed by atoms with Crippen molar-refractivity contribution in [3.05, 3.63) is 66.1 Å². The molecule has 20 heavy (non-hydrogen) atoms. The van der Waals surface area contributed by atoms with Crippen molar-refractivity contribution in [1.82, 2.24) is 15.3 Å². The number of hydrogen-bond acceptors (Lipinski definition) is 2. The van der Waals surface area contributed by atoms with E-state index in [1.165, 1.54) is 10.9 Å². The molecule has 0 aliphatic rings. The third-order valence-electron chi connectivity index (χ3n) is 3.26. The Balaban J connectivity index is 1.58. The van der Waals surface area contributed by atoms with Gasteiger partial charge in [0.15, 0.2) is 0 Å². The molecule has 4 heteroatoms. The number of benzene rings is 1. The maximum atomic E-state index is 11.9. The van der Waals surface area contributed by atoms with Crippen molar-refractivity contribution in [3.8, 4) is 0 Å². The maximum Gasteiger partial charge on any atom is 0.251 e. The van der Waals surface area contributed by atoms with E-state index in [9.17, 15) is 4.79 Å². The topological polar surface area (TPSA) is 57.8 Å². The fourth-order valence-corrected chi connectivity index (χ4v) is 2.18. The van der Waals surface area contributed by atoms with Crippen LogP contribution in [-0.2, 0) is 6.42 Å². The van der Waals surface area contributed by atoms with Gasteiger partial charge in [-0.2, -0.15) is 0 Å². The summed E-state index contributed by atoms with van der Waals surface area (Å²) in [6, 6.07) is 11.8. The minimum Gasteiger partial charge on any atom is -0.361 e. The second kappa shape index (κ2) is 5.57. The van der Waals surface area contributed by atoms with Crippen LogP contribution >= 0.6 is 0 Å². The molecule has 0 bridgehead atoms. The van der Waals surface area contributed by atoms with Gasteiger partial charge in [0.2, 0.25) is 0 Å². The van der Waals surface area contributed by atoms with Gasteiger partial charge in [0, 0.05) is 36.2 Å². The van der Waals surface area contributed by atoms with Gasteiger partial charge in [-0.1, -0.05) is 12.1 Å². The molecule has 0 atom stereocenters. The maximum absolute atomic E-state index is 11.9. The summed E-state index contributed by atoms with van der Waals surface area (Å²) in [4.78, 5) is 18.9. The highest BCUT2D eigenvalue weighted by Crippen LogP contribution is 2.14. The number of rotatable bonds is 4. The zero-order valence-electron chi connectivity index (χ0n) is 11.0. The number of hydrogen-bond donors (Lipinski definition) is 2. The molecule has 0 spiro atoms. The average Bonchev–Trinajstić information content (AvgIpc) is 2.95. The molecule has 2 aromatic heterocycles. The Morgan fingerprint density at radius 1 is 1.15 bits per heavy atom. The van der Waals surface area contributed by atoms with Gasteiger partial charge in [0.05, 0.1) is 0 Å². The van der Waals surface area contributed by atoms with Crippen LogP contribution in [0.2, 0.25) is 0 Å². The van der Waals surface area contributed by atoms with Crippen LogP contribution in [0.1, 0.15) is 15.9 Å². The van der Waals surface area contributed by atoms with Crippen molar-refractivity contribution in [2.24, 2.45) is 0 Å². The first-order chi connectivity index (χ1) is 9.83. The fourth-order valence-electron chi connectivity index (χ4n) is 2.18. The summed E-state index contributed by atoms with van der Waals surface area (Å²) >= 11 is 0. The Hall–Kier alpha value is -2.62. The van der Waals surface area contributed by atoms with Crippen molar-refractivity contribution in [2.75, 3.05) is 6.54 Å². The molecule has 0 aliphatic heterocycles. The van der Waals surface area contributed by atoms with Gasteiger partial charge in [0.1, 0.15) is 0 Å². The number of H-pyrrole nitrogens is 1. The van der Waals surface area contributed by atoms with Crippen LogP contribution in [0, 0.1) is 0 Å². The molecular weight excluding hydrogens is 250 g/mol. The van der Waals surface area contributed by atoms with E-state index in [-0.39, 0.29) is 5.91 Å². The van der Waals surface area contributed by atoms with Gasteiger partial charge in [-0.05, 0) is 41.6 Å². The molecule has 2 N–H and O–H groups in total. The van der Waals surface area contributed by atoms with Crippen molar-refractivity contribution in [2.45, 2.75) is 6.42 Å². The largest absolute Gasteiger partial charge is 0.361 e. The average molecular weight is 265 g/mol. The van der Waals surface area contributed by atoms with E-state index < -0.39 is 0 Å². The first-order valence-electron chi connectivity index (χ1n) is 6.57. The summed E-state index contributed by atoms with van der Waals surface area (Å²) in [6.45, 7) is 0.618. The Morgan fingerprint density at radius 2 is 2.00 bits per heavy atom. The molecule has 0 saturated heterocycles. The highest BCUT2D eigenvalue weighted by Gasteiger charge is 2.04. The number of nitrogens with one attached hydrogen (secondary N) is 2. The van der Waals surface area contributed by atoms with E-state index in [0.717, 1.165) is 11.9 Å². The van der Waals surface area contributed by atoms with E-state index in [1.54, 1.807) is 24.5 Å². The predicted molar refractivity (Wildman–Crippen MR) is 78.6 cm³/mol. The zero-order valence-corrected chi connectivity index (χ0v) is 11.0. The summed E-state index contributed by atoms with van der Waals surface area (Å²) in [6.07, 6.45) is 5.98. The first-order valence-corrected chi connectivity index (χ1v) is 6.57. The molecule has 3 rings (SSSR count). The molecule has 0 unspecified atom stereocenters. The fraction of sp³-hybridized carbons (Fsp3) is 0.125. The molecule has 4 nitrogen and oxygen atoms in total. The molecule has 2 heterocycles. The van der Waals surface area contributed by atoms with Crippen LogP contribution in [0.15, 0.2) is 55.0 Å². The third-order valence-corrected chi connectivity index (χ3v) is 3.26. The second-order valence-electron chi connectivity index (χ2n) is 4.64. The summed E-state index contributed by atoms with van der Waals surface area (Å²) in [7, 11) is 0. The number of aromatic amines is 1. The van der Waals surface area contributed by atoms with Gasteiger partial charge in [-0.3, -0.25) is 9.78 Å². The third kappa shape index (κ3) is 2.69. The Bertz CT molecular complexity index is 719. The van der Waals surface area contributed by atoms with Crippen molar-refractivity contribution < 1.29 is 4.79 Å². The van der Waals surface area contributed by atoms with E-state index in [0.29, 0.717) is 12.1 Å². The molecule has 1 amide bonds. The van der Waals surface area contributed by atoms with Crippen molar-refractivity contribution in [1.29, 1.82) is 0 Å². The minimum atomic E-state index is -0.0617. The molecular formula is C16H15N3O. The summed E-state index contributed by atoms with van der Waals surface area (Å²) in [5.74, 6) is -0.0617. The highest BCUT2D eigenvalue weighted by atomic mass is 16.1. The van der Waals surface area contributed by atoms with Crippen LogP contribution in [0.4, 0.5) is 0 Å². The van der Waals surface area contributed by atoms with E-state index in [2.05, 4.69) is 33.5 Å². The number of aromatic nitrogens is 2. The van der Waals surface area contributed by atoms with E-state index in [4.69, 9.17) is 0 Å². The number of carbonyl (C=O) groups excluding carboxylic acids is 1. The lowest BCUT2D eigenvalue weighted by atomic mass is 10.1. The van der Waals surface area contributed by atoms with Gasteiger partial charge < -0.3 is 10.3 Å². The van der Waals surface area contributed by atoms with Crippen LogP contribution in [0.3, 0.4) is 0 Å². The van der Waals surface area contributed by atoms with Gasteiger partial charge >= 0.3 is 0 Å². The zero-order chi connectivity index (χ0) is 13.8. The second-order valence-corrected chi connectivity index (χ2v) is 4.64. The van der Waals surface area contributed by atoms with Crippen LogP contribution in [-0.4, -0.2) is 22.4 Å². The summed E-state index contributed by atoms with van der Waals surface area (Å²) < 4.78 is 0. The lowest BCUT2D eigenvalue weighted by molar-refractivity contribution is 0.0954. The van der Waals surface area contributed by atoms with Crippen LogP contribution in [0.25, 0.3) is 10.9 Å². The predicted octanol–water partition coefficient (Wildman–Crippen LogP) is 2.54. The standard InChI is InChI=1S/C16H15N3O/c20-16(14-4-7-17-8-5-14)19-9-3-12-1-2-13-6-10-18-15(13)11-12/h1-2,4-8,10-11,18H,3,9H2,(H,19,20). The highest BCUT2D eigenvalue weighted by molar-refractivity contribution is 5.93. The summed E-state index contributed by atoms with van der Waals surface area (Å²) in [5.41, 5.74) is 2.97. The number of carbonyl (C=O) groups is 1. The van der Waals surface area contributed by atoms with Gasteiger partial charge in [0.25, 0.3) is 5.91 Å². The Labute approximate surface area is 116 Å². The van der Waals surface area contributed by atoms with Crippen LogP contribution < -0.4 is 5.32 Å². The van der Waals surface area contributed by atoms with E-state index >= 15 is 0 Å². The lowest BCUT2D eigenvalue weighted by Crippen LogP contribution is -2.25. The van der Waals surface area contributed by atoms with E-state index in [1.807, 2.05) is 12.3 Å². The van der Waals surface area contributed by atoms with Crippen LogP contribution in [0.5, 0.6) is 0 Å². The Kier molecular flexibility index (Phi) is 3.46. The van der Waals surface area contributed by atoms with Gasteiger partial charge in [-0.15, -0.1) is 0 Å². The van der Waals surface area contributed by atoms with Crippen molar-refractivity contribution >= 4 is 16.8 Å². The van der Waals surface area contributed by atoms with Gasteiger partial charge in [-0.25, -0.2) is 0 Å². The molecule has 1 aromatic carbocycles. The minimum absolute atomic E-state index is 0.0617. The SMILES string of the molecule is O=C(NCCc1ccc2cc[nH]c2c1)c1ccncc1. The molecule has 0 aliphatic carbocycles.